The Hall–Kier alpha value is -1.47. The van der Waals surface area contributed by atoms with Gasteiger partial charge in [0.15, 0.2) is 0 Å². The lowest BCUT2D eigenvalue weighted by Gasteiger charge is -2.28. The van der Waals surface area contributed by atoms with Gasteiger partial charge in [-0.2, -0.15) is 10.6 Å². The molecule has 1 aromatic heterocycles. The van der Waals surface area contributed by atoms with Crippen molar-refractivity contribution in [1.82, 2.24) is 4.98 Å². The van der Waals surface area contributed by atoms with Gasteiger partial charge in [0.25, 0.3) is 0 Å². The average Bonchev–Trinajstić information content (AvgIpc) is 2.42. The van der Waals surface area contributed by atoms with Crippen LogP contribution in [0, 0.1) is 10.2 Å². The van der Waals surface area contributed by atoms with Gasteiger partial charge in [0, 0.05) is 6.20 Å². The van der Waals surface area contributed by atoms with Gasteiger partial charge >= 0.3 is 0 Å². The van der Waals surface area contributed by atoms with Gasteiger partial charge in [0.05, 0.1) is 17.9 Å². The van der Waals surface area contributed by atoms with Crippen LogP contribution in [0.15, 0.2) is 24.5 Å². The van der Waals surface area contributed by atoms with Crippen molar-refractivity contribution in [1.29, 1.82) is 4.78 Å². The molecule has 7 heteroatoms. The SMILES string of the molecule is CC(C)(C)CC(CC[C@H](N)C(=O)Nc1cccnc1)[S-](=N)=O. The molecule has 0 aromatic carbocycles. The summed E-state index contributed by atoms with van der Waals surface area (Å²) < 4.78 is 19.0. The smallest absolute Gasteiger partial charge is 0.241 e. The summed E-state index contributed by atoms with van der Waals surface area (Å²) in [5.74, 6) is -0.293. The third-order valence-corrected chi connectivity index (χ3v) is 4.22. The van der Waals surface area contributed by atoms with Gasteiger partial charge in [-0.25, -0.2) is 0 Å². The summed E-state index contributed by atoms with van der Waals surface area (Å²) >= 11 is 0. The largest absolute Gasteiger partial charge is 0.444 e. The normalized spacial score (nSPS) is 14.6. The number of hydrogen-bond donors (Lipinski definition) is 3. The average molecular weight is 325 g/mol. The number of amides is 1. The monoisotopic (exact) mass is 325 g/mol. The lowest BCUT2D eigenvalue weighted by atomic mass is 9.89. The minimum absolute atomic E-state index is 0.0105. The first kappa shape index (κ1) is 18.6. The molecule has 0 fully saturated rings. The predicted octanol–water partition coefficient (Wildman–Crippen LogP) is 2.66. The number of nitrogens with one attached hydrogen (secondary N) is 2. The van der Waals surface area contributed by atoms with Crippen LogP contribution in [0.1, 0.15) is 40.0 Å². The van der Waals surface area contributed by atoms with Gasteiger partial charge in [-0.05, 0) is 24.0 Å². The van der Waals surface area contributed by atoms with Crippen molar-refractivity contribution in [3.63, 3.8) is 0 Å². The van der Waals surface area contributed by atoms with Crippen LogP contribution in [-0.4, -0.2) is 22.2 Å². The number of hydrogen-bond acceptors (Lipinski definition) is 6. The molecule has 1 rings (SSSR count). The Kier molecular flexibility index (Phi) is 6.96. The second-order valence-corrected chi connectivity index (χ2v) is 7.86. The van der Waals surface area contributed by atoms with Crippen molar-refractivity contribution in [3.05, 3.63) is 24.5 Å². The molecule has 1 unspecified atom stereocenters. The molecular weight excluding hydrogens is 300 g/mol. The predicted molar refractivity (Wildman–Crippen MR) is 88.7 cm³/mol. The molecule has 0 aliphatic heterocycles. The summed E-state index contributed by atoms with van der Waals surface area (Å²) in [6, 6.07) is 2.77. The number of rotatable bonds is 7. The quantitative estimate of drug-likeness (QED) is 0.669. The Morgan fingerprint density at radius 2 is 2.14 bits per heavy atom. The number of carbonyl (C=O) groups excluding carboxylic acids is 1. The molecule has 0 aliphatic carbocycles. The van der Waals surface area contributed by atoms with E-state index in [-0.39, 0.29) is 16.6 Å². The number of aromatic nitrogens is 1. The molecule has 1 heterocycles. The van der Waals surface area contributed by atoms with Crippen LogP contribution in [0.25, 0.3) is 0 Å². The Balaban J connectivity index is 2.52. The lowest BCUT2D eigenvalue weighted by molar-refractivity contribution is -0.117. The maximum atomic E-state index is 12.0. The summed E-state index contributed by atoms with van der Waals surface area (Å²) in [5, 5.41) is 2.43. The van der Waals surface area contributed by atoms with Crippen molar-refractivity contribution < 1.29 is 9.00 Å². The maximum absolute atomic E-state index is 12.0. The second kappa shape index (κ2) is 8.24. The van der Waals surface area contributed by atoms with Gasteiger partial charge in [0.2, 0.25) is 5.91 Å². The van der Waals surface area contributed by atoms with Crippen molar-refractivity contribution in [2.45, 2.75) is 51.3 Å². The van der Waals surface area contributed by atoms with E-state index in [1.54, 1.807) is 24.5 Å². The number of nitrogens with two attached hydrogens (primary N) is 1. The van der Waals surface area contributed by atoms with Crippen LogP contribution < -0.4 is 11.1 Å². The van der Waals surface area contributed by atoms with E-state index < -0.39 is 16.6 Å². The Morgan fingerprint density at radius 3 is 2.64 bits per heavy atom. The number of pyridine rings is 1. The Bertz CT molecular complexity index is 544. The standard InChI is InChI=1S/C15H25N4O2S/c1-15(2,3)9-12(22(17)21)6-7-13(16)14(20)19-11-5-4-8-18-10-11/h4-5,8,10,12-13,17H,6-7,9,16H2,1-3H3,(H,19,20)/q-1/t12?,13-/m0/s1. The number of nitrogens with zero attached hydrogens (tertiary/aromatic N) is 1. The van der Waals surface area contributed by atoms with Crippen LogP contribution in [0.3, 0.4) is 0 Å². The van der Waals surface area contributed by atoms with E-state index in [1.807, 2.05) is 20.8 Å². The molecule has 0 bridgehead atoms. The fourth-order valence-corrected chi connectivity index (χ4v) is 3.14. The molecule has 22 heavy (non-hydrogen) atoms. The van der Waals surface area contributed by atoms with E-state index in [4.69, 9.17) is 10.5 Å². The van der Waals surface area contributed by atoms with Crippen molar-refractivity contribution in [2.75, 3.05) is 5.32 Å². The number of anilines is 1. The summed E-state index contributed by atoms with van der Waals surface area (Å²) in [5.41, 5.74) is 6.47. The summed E-state index contributed by atoms with van der Waals surface area (Å²) in [6.07, 6.45) is 4.73. The van der Waals surface area contributed by atoms with Crippen molar-refractivity contribution >= 4 is 22.2 Å². The molecule has 4 N–H and O–H groups in total. The zero-order chi connectivity index (χ0) is 16.8. The van der Waals surface area contributed by atoms with Crippen LogP contribution in [-0.2, 0) is 19.6 Å². The maximum Gasteiger partial charge on any atom is 0.241 e. The third-order valence-electron chi connectivity index (χ3n) is 3.21. The molecule has 0 radical (unpaired) electrons. The van der Waals surface area contributed by atoms with E-state index in [0.717, 1.165) is 0 Å². The second-order valence-electron chi connectivity index (χ2n) is 6.60. The molecule has 124 valence electrons. The molecule has 1 aromatic rings. The first-order valence-corrected chi connectivity index (χ1v) is 8.48. The van der Waals surface area contributed by atoms with Crippen molar-refractivity contribution in [2.24, 2.45) is 11.1 Å². The molecular formula is C15H25N4O2S-. The minimum atomic E-state index is -1.66. The lowest BCUT2D eigenvalue weighted by Crippen LogP contribution is -2.36. The van der Waals surface area contributed by atoms with Gasteiger partial charge in [-0.15, -0.1) is 0 Å². The Morgan fingerprint density at radius 1 is 1.45 bits per heavy atom. The molecule has 0 saturated carbocycles. The molecule has 0 spiro atoms. The van der Waals surface area contributed by atoms with Gasteiger partial charge in [-0.1, -0.05) is 38.9 Å². The van der Waals surface area contributed by atoms with E-state index in [2.05, 4.69) is 10.3 Å². The van der Waals surface area contributed by atoms with Crippen LogP contribution >= 0.6 is 0 Å². The fourth-order valence-electron chi connectivity index (χ4n) is 2.14. The summed E-state index contributed by atoms with van der Waals surface area (Å²) in [7, 11) is -1.66. The summed E-state index contributed by atoms with van der Waals surface area (Å²) in [6.45, 7) is 6.13. The van der Waals surface area contributed by atoms with Crippen LogP contribution in [0.4, 0.5) is 5.69 Å². The highest BCUT2D eigenvalue weighted by Gasteiger charge is 2.18. The van der Waals surface area contributed by atoms with Gasteiger partial charge < -0.3 is 20.0 Å². The highest BCUT2D eigenvalue weighted by Crippen LogP contribution is 2.25. The first-order valence-electron chi connectivity index (χ1n) is 7.27. The van der Waals surface area contributed by atoms with Gasteiger partial charge in [0.1, 0.15) is 0 Å². The highest BCUT2D eigenvalue weighted by atomic mass is 32.2. The van der Waals surface area contributed by atoms with Gasteiger partial charge in [-0.3, -0.25) is 9.78 Å². The van der Waals surface area contributed by atoms with E-state index in [0.29, 0.717) is 24.9 Å². The number of carbonyl (C=O) groups is 1. The molecule has 0 aliphatic rings. The minimum Gasteiger partial charge on any atom is -0.444 e. The highest BCUT2D eigenvalue weighted by molar-refractivity contribution is 7.74. The first-order chi connectivity index (χ1) is 10.2. The van der Waals surface area contributed by atoms with E-state index >= 15 is 0 Å². The van der Waals surface area contributed by atoms with Crippen LogP contribution in [0.5, 0.6) is 0 Å². The Labute approximate surface area is 133 Å². The van der Waals surface area contributed by atoms with E-state index in [9.17, 15) is 9.00 Å². The molecule has 1 amide bonds. The summed E-state index contributed by atoms with van der Waals surface area (Å²) in [4.78, 5) is 15.9. The molecule has 6 nitrogen and oxygen atoms in total. The zero-order valence-electron chi connectivity index (χ0n) is 13.3. The van der Waals surface area contributed by atoms with Crippen LogP contribution in [0.2, 0.25) is 0 Å². The fraction of sp³-hybridized carbons (Fsp3) is 0.600. The van der Waals surface area contributed by atoms with E-state index in [1.165, 1.54) is 0 Å². The molecule has 2 atom stereocenters. The van der Waals surface area contributed by atoms with Crippen molar-refractivity contribution in [3.8, 4) is 0 Å². The topological polar surface area (TPSA) is 109 Å². The zero-order valence-corrected chi connectivity index (χ0v) is 14.2. The molecule has 0 saturated heterocycles. The third kappa shape index (κ3) is 7.00.